The predicted molar refractivity (Wildman–Crippen MR) is 146 cm³/mol. The Labute approximate surface area is 244 Å². The van der Waals surface area contributed by atoms with Gasteiger partial charge in [-0.15, -0.1) is 0 Å². The zero-order chi connectivity index (χ0) is 31.4. The molecule has 44 heavy (non-hydrogen) atoms. The van der Waals surface area contributed by atoms with Gasteiger partial charge in [-0.25, -0.2) is 14.2 Å². The molecule has 17 heteroatoms. The summed E-state index contributed by atoms with van der Waals surface area (Å²) in [7, 11) is 0. The maximum Gasteiger partial charge on any atom is 0.405 e. The first-order chi connectivity index (χ1) is 20.9. The number of fused-ring (bicyclic) bond motifs is 3. The second-order valence-corrected chi connectivity index (χ2v) is 10.5. The van der Waals surface area contributed by atoms with Crippen molar-refractivity contribution >= 4 is 40.3 Å². The lowest BCUT2D eigenvalue weighted by atomic mass is 9.72. The second-order valence-electron chi connectivity index (χ2n) is 10.5. The van der Waals surface area contributed by atoms with E-state index in [0.717, 1.165) is 15.5 Å². The molecule has 1 spiro atoms. The van der Waals surface area contributed by atoms with Gasteiger partial charge in [0, 0.05) is 24.8 Å². The lowest BCUT2D eigenvalue weighted by molar-refractivity contribution is -0.138. The molecular formula is C27H23F4N9O4. The summed E-state index contributed by atoms with van der Waals surface area (Å²) in [4.78, 5) is 63.3. The van der Waals surface area contributed by atoms with Crippen LogP contribution in [-0.4, -0.2) is 79.7 Å². The molecule has 5 heterocycles. The van der Waals surface area contributed by atoms with E-state index in [9.17, 15) is 32.3 Å². The number of piperidine rings is 1. The molecule has 0 radical (unpaired) electrons. The molecular weight excluding hydrogens is 590 g/mol. The topological polar surface area (TPSA) is 172 Å². The first-order valence-corrected chi connectivity index (χ1v) is 13.3. The van der Waals surface area contributed by atoms with Gasteiger partial charge in [0.15, 0.2) is 0 Å². The van der Waals surface area contributed by atoms with Crippen molar-refractivity contribution in [1.29, 1.82) is 0 Å². The van der Waals surface area contributed by atoms with Crippen LogP contribution in [0.5, 0.6) is 0 Å². The van der Waals surface area contributed by atoms with Gasteiger partial charge in [-0.2, -0.15) is 23.3 Å². The molecule has 4 aromatic rings. The van der Waals surface area contributed by atoms with E-state index in [1.54, 1.807) is 11.4 Å². The predicted octanol–water partition coefficient (Wildman–Crippen LogP) is 1.42. The molecule has 0 bridgehead atoms. The highest BCUT2D eigenvalue weighted by Gasteiger charge is 2.55. The number of aromatic nitrogens is 5. The van der Waals surface area contributed by atoms with E-state index >= 15 is 4.39 Å². The second kappa shape index (κ2) is 10.4. The fraction of sp³-hybridized carbons (Fsp3) is 0.296. The Morgan fingerprint density at radius 1 is 1.07 bits per heavy atom. The number of hydrogen-bond acceptors (Lipinski definition) is 8. The molecule has 1 saturated heterocycles. The number of nitrogens with two attached hydrogens (primary N) is 1. The quantitative estimate of drug-likeness (QED) is 0.284. The largest absolute Gasteiger partial charge is 0.405 e. The third kappa shape index (κ3) is 4.88. The van der Waals surface area contributed by atoms with E-state index < -0.39 is 53.9 Å². The summed E-state index contributed by atoms with van der Waals surface area (Å²) in [5.74, 6) is -3.20. The minimum absolute atomic E-state index is 0.00800. The van der Waals surface area contributed by atoms with Crippen molar-refractivity contribution in [2.24, 2.45) is 0 Å². The standard InChI is InChI=1S/C27H23F4N9O4/c28-14-1-4-18-21(22(14)39-8-5-19(32)36-25(39)44)26(24(43)40(18)12-20(41)33-13-27(29,30)31)6-9-38(10-7-26)23(42)16-3-2-15-17(35-16)11-34-37-15/h1-5,8,11H,6-7,9-10,12-13H2,(H,33,41)(H,34,37)(H2,32,36,44). The minimum Gasteiger partial charge on any atom is -0.383 e. The molecule has 13 nitrogen and oxygen atoms in total. The molecule has 2 aliphatic rings. The lowest BCUT2D eigenvalue weighted by Crippen LogP contribution is -2.52. The van der Waals surface area contributed by atoms with Crippen LogP contribution in [0.15, 0.2) is 47.5 Å². The average molecular weight is 614 g/mol. The van der Waals surface area contributed by atoms with Gasteiger partial charge < -0.3 is 20.9 Å². The number of benzene rings is 1. The van der Waals surface area contributed by atoms with E-state index in [1.807, 2.05) is 0 Å². The third-order valence-corrected chi connectivity index (χ3v) is 7.80. The number of alkyl halides is 3. The molecule has 2 aliphatic heterocycles. The zero-order valence-corrected chi connectivity index (χ0v) is 22.7. The molecule has 0 saturated carbocycles. The number of nitrogens with one attached hydrogen (secondary N) is 2. The van der Waals surface area contributed by atoms with Crippen LogP contribution in [0.2, 0.25) is 0 Å². The van der Waals surface area contributed by atoms with Crippen molar-refractivity contribution in [2.45, 2.75) is 24.4 Å². The molecule has 0 unspecified atom stereocenters. The molecule has 228 valence electrons. The number of anilines is 2. The highest BCUT2D eigenvalue weighted by Crippen LogP contribution is 2.51. The molecule has 0 atom stereocenters. The highest BCUT2D eigenvalue weighted by atomic mass is 19.4. The maximum absolute atomic E-state index is 15.6. The van der Waals surface area contributed by atoms with Gasteiger partial charge in [0.25, 0.3) is 5.91 Å². The molecule has 3 aromatic heterocycles. The number of hydrogen-bond donors (Lipinski definition) is 3. The minimum atomic E-state index is -4.68. The van der Waals surface area contributed by atoms with Gasteiger partial charge >= 0.3 is 11.9 Å². The smallest absolute Gasteiger partial charge is 0.383 e. The SMILES string of the molecule is Nc1ccn(-c2c(F)ccc3c2C2(CCN(C(=O)c4ccc5[nH]ncc5n4)CC2)C(=O)N3CC(=O)NCC(F)(F)F)c(=O)n1. The average Bonchev–Trinajstić information content (AvgIpc) is 3.54. The van der Waals surface area contributed by atoms with Gasteiger partial charge in [0.05, 0.1) is 28.5 Å². The fourth-order valence-corrected chi connectivity index (χ4v) is 5.77. The first-order valence-electron chi connectivity index (χ1n) is 13.3. The van der Waals surface area contributed by atoms with Crippen LogP contribution in [-0.2, 0) is 15.0 Å². The molecule has 1 fully saturated rings. The Balaban J connectivity index is 1.38. The fourth-order valence-electron chi connectivity index (χ4n) is 5.77. The van der Waals surface area contributed by atoms with Crippen LogP contribution in [0.25, 0.3) is 16.7 Å². The summed E-state index contributed by atoms with van der Waals surface area (Å²) in [6.07, 6.45) is -2.12. The molecule has 3 amide bonds. The van der Waals surface area contributed by atoms with Crippen molar-refractivity contribution in [2.75, 3.05) is 36.8 Å². The number of rotatable bonds is 5. The number of pyridine rings is 1. The van der Waals surface area contributed by atoms with Crippen LogP contribution in [0.3, 0.4) is 0 Å². The van der Waals surface area contributed by atoms with Gasteiger partial charge in [0.1, 0.15) is 35.9 Å². The van der Waals surface area contributed by atoms with Crippen molar-refractivity contribution in [3.8, 4) is 5.69 Å². The number of carbonyl (C=O) groups is 3. The molecule has 0 aliphatic carbocycles. The zero-order valence-electron chi connectivity index (χ0n) is 22.7. The molecule has 1 aromatic carbocycles. The van der Waals surface area contributed by atoms with E-state index in [-0.39, 0.29) is 54.4 Å². The van der Waals surface area contributed by atoms with E-state index in [1.165, 1.54) is 35.5 Å². The van der Waals surface area contributed by atoms with E-state index in [4.69, 9.17) is 5.73 Å². The molecule has 4 N–H and O–H groups in total. The van der Waals surface area contributed by atoms with Crippen LogP contribution < -0.4 is 21.6 Å². The number of likely N-dealkylation sites (tertiary alicyclic amines) is 1. The van der Waals surface area contributed by atoms with E-state index in [0.29, 0.717) is 11.0 Å². The van der Waals surface area contributed by atoms with E-state index in [2.05, 4.69) is 20.2 Å². The Kier molecular flexibility index (Phi) is 6.81. The number of nitrogens with zero attached hydrogens (tertiary/aromatic N) is 6. The van der Waals surface area contributed by atoms with Crippen molar-refractivity contribution in [1.82, 2.24) is 34.9 Å². The first kappa shape index (κ1) is 28.8. The van der Waals surface area contributed by atoms with Crippen LogP contribution in [0.1, 0.15) is 28.9 Å². The Morgan fingerprint density at radius 3 is 2.52 bits per heavy atom. The van der Waals surface area contributed by atoms with Gasteiger partial charge in [0.2, 0.25) is 11.8 Å². The monoisotopic (exact) mass is 613 g/mol. The third-order valence-electron chi connectivity index (χ3n) is 7.80. The number of halogens is 4. The Bertz CT molecular complexity index is 1880. The highest BCUT2D eigenvalue weighted by molar-refractivity contribution is 6.12. The van der Waals surface area contributed by atoms with Gasteiger partial charge in [-0.05, 0) is 43.2 Å². The van der Waals surface area contributed by atoms with Crippen molar-refractivity contribution in [3.63, 3.8) is 0 Å². The lowest BCUT2D eigenvalue weighted by Gasteiger charge is -2.39. The summed E-state index contributed by atoms with van der Waals surface area (Å²) in [6.45, 7) is -2.38. The number of nitrogen functional groups attached to an aromatic ring is 1. The number of aromatic amines is 1. The summed E-state index contributed by atoms with van der Waals surface area (Å²) in [5.41, 5.74) is 4.20. The maximum atomic E-state index is 15.6. The normalized spacial score (nSPS) is 16.0. The number of H-pyrrole nitrogens is 1. The Morgan fingerprint density at radius 2 is 1.82 bits per heavy atom. The van der Waals surface area contributed by atoms with Gasteiger partial charge in [-0.3, -0.25) is 24.0 Å². The van der Waals surface area contributed by atoms with Crippen LogP contribution in [0, 0.1) is 5.82 Å². The molecule has 6 rings (SSSR count). The number of amides is 3. The summed E-state index contributed by atoms with van der Waals surface area (Å²) in [6, 6.07) is 6.66. The van der Waals surface area contributed by atoms with Crippen LogP contribution in [0.4, 0.5) is 29.1 Å². The van der Waals surface area contributed by atoms with Crippen molar-refractivity contribution < 1.29 is 31.9 Å². The number of carbonyl (C=O) groups excluding carboxylic acids is 3. The van der Waals surface area contributed by atoms with Crippen LogP contribution >= 0.6 is 0 Å². The summed E-state index contributed by atoms with van der Waals surface area (Å²) >= 11 is 0. The summed E-state index contributed by atoms with van der Waals surface area (Å²) in [5, 5.41) is 8.37. The summed E-state index contributed by atoms with van der Waals surface area (Å²) < 4.78 is 54.7. The van der Waals surface area contributed by atoms with Crippen molar-refractivity contribution in [3.05, 3.63) is 70.3 Å². The Hall–Kier alpha value is -5.35. The van der Waals surface area contributed by atoms with Gasteiger partial charge in [-0.1, -0.05) is 0 Å².